The van der Waals surface area contributed by atoms with E-state index in [0.29, 0.717) is 5.75 Å². The van der Waals surface area contributed by atoms with E-state index in [0.717, 1.165) is 36.0 Å². The molecule has 110 valence electrons. The van der Waals surface area contributed by atoms with Crippen molar-refractivity contribution in [3.05, 3.63) is 34.1 Å². The SMILES string of the molecule is O=S1(=O)CCC(C2(Cc3cc(F)cc(Br)c3)CNC2)C1. The minimum Gasteiger partial charge on any atom is -0.315 e. The maximum Gasteiger partial charge on any atom is 0.150 e. The lowest BCUT2D eigenvalue weighted by atomic mass is 9.67. The number of halogens is 2. The summed E-state index contributed by atoms with van der Waals surface area (Å²) in [5, 5.41) is 3.26. The Kier molecular flexibility index (Phi) is 3.67. The lowest BCUT2D eigenvalue weighted by Crippen LogP contribution is -2.59. The minimum absolute atomic E-state index is 0.0309. The summed E-state index contributed by atoms with van der Waals surface area (Å²) in [6.07, 6.45) is 1.47. The van der Waals surface area contributed by atoms with E-state index in [1.807, 2.05) is 6.07 Å². The first kappa shape index (κ1) is 14.5. The standard InChI is InChI=1S/C14H17BrFNO2S/c15-12-3-10(4-13(16)5-12)6-14(8-17-9-14)11-1-2-20(18,19)7-11/h3-5,11,17H,1-2,6-9H2. The molecule has 0 amide bonds. The topological polar surface area (TPSA) is 46.2 Å². The van der Waals surface area contributed by atoms with Gasteiger partial charge in [-0.2, -0.15) is 0 Å². The Morgan fingerprint density at radius 2 is 2.10 bits per heavy atom. The molecule has 0 radical (unpaired) electrons. The molecule has 6 heteroatoms. The molecule has 2 aliphatic rings. The van der Waals surface area contributed by atoms with Gasteiger partial charge in [0.15, 0.2) is 9.84 Å². The van der Waals surface area contributed by atoms with Crippen molar-refractivity contribution in [2.45, 2.75) is 12.8 Å². The molecule has 2 fully saturated rings. The number of benzene rings is 1. The van der Waals surface area contributed by atoms with Crippen molar-refractivity contribution in [1.82, 2.24) is 5.32 Å². The van der Waals surface area contributed by atoms with E-state index in [2.05, 4.69) is 21.2 Å². The highest BCUT2D eigenvalue weighted by Gasteiger charge is 2.48. The molecule has 0 aromatic heterocycles. The number of hydrogen-bond donors (Lipinski definition) is 1. The largest absolute Gasteiger partial charge is 0.315 e. The van der Waals surface area contributed by atoms with Crippen molar-refractivity contribution in [1.29, 1.82) is 0 Å². The van der Waals surface area contributed by atoms with Gasteiger partial charge in [0, 0.05) is 23.0 Å². The third-order valence-electron chi connectivity index (χ3n) is 4.53. The predicted molar refractivity (Wildman–Crippen MR) is 79.9 cm³/mol. The molecule has 2 saturated heterocycles. The van der Waals surface area contributed by atoms with Gasteiger partial charge in [-0.05, 0) is 42.5 Å². The van der Waals surface area contributed by atoms with Crippen LogP contribution in [0, 0.1) is 17.2 Å². The molecule has 20 heavy (non-hydrogen) atoms. The highest BCUT2D eigenvalue weighted by molar-refractivity contribution is 9.10. The van der Waals surface area contributed by atoms with Crippen LogP contribution in [0.3, 0.4) is 0 Å². The highest BCUT2D eigenvalue weighted by atomic mass is 79.9. The number of sulfone groups is 1. The molecule has 1 aromatic rings. The quantitative estimate of drug-likeness (QED) is 0.897. The first-order chi connectivity index (χ1) is 9.39. The van der Waals surface area contributed by atoms with E-state index in [1.54, 1.807) is 6.07 Å². The Hall–Kier alpha value is -0.460. The molecule has 3 rings (SSSR count). The zero-order valence-electron chi connectivity index (χ0n) is 11.0. The van der Waals surface area contributed by atoms with E-state index in [1.165, 1.54) is 6.07 Å². The van der Waals surface area contributed by atoms with Crippen LogP contribution in [-0.2, 0) is 16.3 Å². The second-order valence-corrected chi connectivity index (χ2v) is 9.16. The van der Waals surface area contributed by atoms with Gasteiger partial charge in [0.1, 0.15) is 5.82 Å². The third-order valence-corrected chi connectivity index (χ3v) is 6.76. The van der Waals surface area contributed by atoms with Gasteiger partial charge >= 0.3 is 0 Å². The van der Waals surface area contributed by atoms with Crippen molar-refractivity contribution >= 4 is 25.8 Å². The maximum absolute atomic E-state index is 13.5. The summed E-state index contributed by atoms with van der Waals surface area (Å²) in [5.74, 6) is 0.517. The second-order valence-electron chi connectivity index (χ2n) is 6.02. The van der Waals surface area contributed by atoms with Crippen LogP contribution < -0.4 is 5.32 Å². The summed E-state index contributed by atoms with van der Waals surface area (Å²) in [6, 6.07) is 4.91. The first-order valence-electron chi connectivity index (χ1n) is 6.75. The fourth-order valence-corrected chi connectivity index (χ4v) is 5.86. The molecular weight excluding hydrogens is 345 g/mol. The fourth-order valence-electron chi connectivity index (χ4n) is 3.40. The van der Waals surface area contributed by atoms with Gasteiger partial charge in [0.25, 0.3) is 0 Å². The minimum atomic E-state index is -2.87. The Morgan fingerprint density at radius 1 is 1.35 bits per heavy atom. The first-order valence-corrected chi connectivity index (χ1v) is 9.36. The van der Waals surface area contributed by atoms with Crippen LogP contribution in [0.5, 0.6) is 0 Å². The van der Waals surface area contributed by atoms with Gasteiger partial charge in [-0.15, -0.1) is 0 Å². The highest BCUT2D eigenvalue weighted by Crippen LogP contribution is 2.42. The molecular formula is C14H17BrFNO2S. The molecule has 2 aliphatic heterocycles. The van der Waals surface area contributed by atoms with Gasteiger partial charge in [-0.1, -0.05) is 15.9 Å². The number of rotatable bonds is 3. The Labute approximate surface area is 127 Å². The summed E-state index contributed by atoms with van der Waals surface area (Å²) in [5.41, 5.74) is 0.902. The van der Waals surface area contributed by atoms with Crippen molar-refractivity contribution in [2.75, 3.05) is 24.6 Å². The summed E-state index contributed by atoms with van der Waals surface area (Å²) >= 11 is 3.31. The van der Waals surface area contributed by atoms with Crippen LogP contribution in [0.4, 0.5) is 4.39 Å². The fraction of sp³-hybridized carbons (Fsp3) is 0.571. The average molecular weight is 362 g/mol. The lowest BCUT2D eigenvalue weighted by molar-refractivity contribution is 0.0923. The average Bonchev–Trinajstić information content (AvgIpc) is 2.63. The van der Waals surface area contributed by atoms with E-state index in [-0.39, 0.29) is 22.9 Å². The van der Waals surface area contributed by atoms with Crippen LogP contribution in [0.25, 0.3) is 0 Å². The summed E-state index contributed by atoms with van der Waals surface area (Å²) in [7, 11) is -2.87. The monoisotopic (exact) mass is 361 g/mol. The molecule has 0 aliphatic carbocycles. The van der Waals surface area contributed by atoms with Crippen molar-refractivity contribution in [3.8, 4) is 0 Å². The van der Waals surface area contributed by atoms with Crippen molar-refractivity contribution in [2.24, 2.45) is 11.3 Å². The van der Waals surface area contributed by atoms with E-state index >= 15 is 0 Å². The van der Waals surface area contributed by atoms with Gasteiger partial charge in [-0.3, -0.25) is 0 Å². The van der Waals surface area contributed by atoms with Gasteiger partial charge < -0.3 is 5.32 Å². The molecule has 0 bridgehead atoms. The van der Waals surface area contributed by atoms with Crippen LogP contribution in [0.1, 0.15) is 12.0 Å². The third kappa shape index (κ3) is 2.78. The molecule has 1 aromatic carbocycles. The molecule has 1 unspecified atom stereocenters. The zero-order chi connectivity index (χ0) is 14.4. The maximum atomic E-state index is 13.5. The normalized spacial score (nSPS) is 27.2. The van der Waals surface area contributed by atoms with Gasteiger partial charge in [0.05, 0.1) is 11.5 Å². The van der Waals surface area contributed by atoms with Crippen molar-refractivity contribution < 1.29 is 12.8 Å². The van der Waals surface area contributed by atoms with Gasteiger partial charge in [0.2, 0.25) is 0 Å². The van der Waals surface area contributed by atoms with E-state index < -0.39 is 9.84 Å². The molecule has 2 heterocycles. The van der Waals surface area contributed by atoms with Gasteiger partial charge in [-0.25, -0.2) is 12.8 Å². The van der Waals surface area contributed by atoms with Crippen LogP contribution in [0.15, 0.2) is 22.7 Å². The molecule has 0 spiro atoms. The number of nitrogens with one attached hydrogen (secondary N) is 1. The Bertz CT molecular complexity index is 608. The van der Waals surface area contributed by atoms with Crippen LogP contribution >= 0.6 is 15.9 Å². The van der Waals surface area contributed by atoms with E-state index in [4.69, 9.17) is 0 Å². The second kappa shape index (κ2) is 5.07. The molecule has 0 saturated carbocycles. The van der Waals surface area contributed by atoms with E-state index in [9.17, 15) is 12.8 Å². The summed E-state index contributed by atoms with van der Waals surface area (Å²) in [4.78, 5) is 0. The van der Waals surface area contributed by atoms with Crippen molar-refractivity contribution in [3.63, 3.8) is 0 Å². The Balaban J connectivity index is 1.83. The smallest absolute Gasteiger partial charge is 0.150 e. The molecule has 1 atom stereocenters. The number of hydrogen-bond acceptors (Lipinski definition) is 3. The summed E-state index contributed by atoms with van der Waals surface area (Å²) < 4.78 is 37.6. The van der Waals surface area contributed by atoms with Crippen LogP contribution in [-0.4, -0.2) is 33.0 Å². The Morgan fingerprint density at radius 3 is 2.60 bits per heavy atom. The lowest BCUT2D eigenvalue weighted by Gasteiger charge is -2.47. The molecule has 3 nitrogen and oxygen atoms in total. The summed E-state index contributed by atoms with van der Waals surface area (Å²) in [6.45, 7) is 1.64. The zero-order valence-corrected chi connectivity index (χ0v) is 13.4. The predicted octanol–water partition coefficient (Wildman–Crippen LogP) is 2.16. The van der Waals surface area contributed by atoms with Crippen LogP contribution in [0.2, 0.25) is 0 Å². The molecule has 1 N–H and O–H groups in total.